The molecule has 0 amide bonds. The number of nitrogen functional groups attached to an aromatic ring is 1. The molecule has 1 aliphatic heterocycles. The van der Waals surface area contributed by atoms with E-state index in [9.17, 15) is 4.39 Å². The van der Waals surface area contributed by atoms with Crippen LogP contribution in [0.25, 0.3) is 0 Å². The molecule has 5 heteroatoms. The summed E-state index contributed by atoms with van der Waals surface area (Å²) in [6, 6.07) is 11.3. The van der Waals surface area contributed by atoms with Gasteiger partial charge in [-0.3, -0.25) is 0 Å². The Morgan fingerprint density at radius 3 is 2.55 bits per heavy atom. The molecule has 0 radical (unpaired) electrons. The predicted molar refractivity (Wildman–Crippen MR) is 85.2 cm³/mol. The van der Waals surface area contributed by atoms with Crippen LogP contribution in [0, 0.1) is 5.82 Å². The van der Waals surface area contributed by atoms with E-state index in [-0.39, 0.29) is 5.82 Å². The molecule has 3 rings (SSSR count). The highest BCUT2D eigenvalue weighted by atomic mass is 79.9. The Morgan fingerprint density at radius 1 is 1.10 bits per heavy atom. The van der Waals surface area contributed by atoms with Crippen LogP contribution in [0.2, 0.25) is 0 Å². The van der Waals surface area contributed by atoms with Crippen molar-refractivity contribution in [1.82, 2.24) is 0 Å². The molecule has 0 spiro atoms. The fourth-order valence-electron chi connectivity index (χ4n) is 2.54. The van der Waals surface area contributed by atoms with E-state index in [0.717, 1.165) is 30.2 Å². The van der Waals surface area contributed by atoms with E-state index in [1.165, 1.54) is 6.07 Å². The van der Waals surface area contributed by atoms with E-state index in [0.29, 0.717) is 10.2 Å². The van der Waals surface area contributed by atoms with Crippen LogP contribution in [0.3, 0.4) is 0 Å². The van der Waals surface area contributed by atoms with E-state index >= 15 is 0 Å². The molecule has 0 saturated carbocycles. The summed E-state index contributed by atoms with van der Waals surface area (Å²) in [5, 5.41) is 0. The summed E-state index contributed by atoms with van der Waals surface area (Å²) >= 11 is 3.23. The van der Waals surface area contributed by atoms with Gasteiger partial charge in [-0.05, 0) is 34.1 Å². The maximum atomic E-state index is 13.5. The second-order valence-electron chi connectivity index (χ2n) is 4.89. The first-order valence-corrected chi connectivity index (χ1v) is 7.19. The summed E-state index contributed by atoms with van der Waals surface area (Å²) in [5.41, 5.74) is 9.52. The first kappa shape index (κ1) is 13.2. The molecule has 1 heterocycles. The van der Waals surface area contributed by atoms with Gasteiger partial charge in [0.15, 0.2) is 0 Å². The quantitative estimate of drug-likeness (QED) is 0.805. The number of fused-ring (bicyclic) bond motifs is 1. The Hall–Kier alpha value is -1.75. The Kier molecular flexibility index (Phi) is 3.30. The zero-order valence-electron chi connectivity index (χ0n) is 11.1. The smallest absolute Gasteiger partial charge is 0.139 e. The molecule has 1 aliphatic rings. The molecular formula is C15H15BrFN3. The van der Waals surface area contributed by atoms with Crippen molar-refractivity contribution in [2.24, 2.45) is 0 Å². The van der Waals surface area contributed by atoms with Gasteiger partial charge in [0.2, 0.25) is 0 Å². The van der Waals surface area contributed by atoms with Gasteiger partial charge in [0.1, 0.15) is 5.82 Å². The first-order chi connectivity index (χ1) is 9.58. The van der Waals surface area contributed by atoms with Crippen molar-refractivity contribution in [3.8, 4) is 0 Å². The van der Waals surface area contributed by atoms with Crippen molar-refractivity contribution >= 4 is 38.7 Å². The van der Waals surface area contributed by atoms with Gasteiger partial charge in [-0.15, -0.1) is 0 Å². The zero-order chi connectivity index (χ0) is 14.3. The lowest BCUT2D eigenvalue weighted by molar-refractivity contribution is 0.621. The highest BCUT2D eigenvalue weighted by Gasteiger charge is 2.23. The average Bonchev–Trinajstić information content (AvgIpc) is 2.44. The number of anilines is 4. The lowest BCUT2D eigenvalue weighted by Gasteiger charge is -2.37. The van der Waals surface area contributed by atoms with Crippen molar-refractivity contribution in [2.75, 3.05) is 35.7 Å². The van der Waals surface area contributed by atoms with E-state index < -0.39 is 0 Å². The first-order valence-electron chi connectivity index (χ1n) is 6.40. The van der Waals surface area contributed by atoms with Crippen LogP contribution in [0.5, 0.6) is 0 Å². The fraction of sp³-hybridized carbons (Fsp3) is 0.200. The van der Waals surface area contributed by atoms with E-state index in [4.69, 9.17) is 5.73 Å². The van der Waals surface area contributed by atoms with Gasteiger partial charge in [-0.1, -0.05) is 12.1 Å². The number of para-hydroxylation sites is 2. The Balaban J connectivity index is 2.12. The maximum absolute atomic E-state index is 13.5. The minimum absolute atomic E-state index is 0.339. The van der Waals surface area contributed by atoms with Gasteiger partial charge >= 0.3 is 0 Å². The number of nitrogens with zero attached hydrogens (tertiary/aromatic N) is 2. The van der Waals surface area contributed by atoms with E-state index in [1.807, 2.05) is 12.1 Å². The number of benzene rings is 2. The van der Waals surface area contributed by atoms with Crippen LogP contribution in [-0.2, 0) is 0 Å². The Labute approximate surface area is 125 Å². The molecule has 0 bridgehead atoms. The molecule has 2 aromatic carbocycles. The summed E-state index contributed by atoms with van der Waals surface area (Å²) in [6.07, 6.45) is 0. The molecule has 0 aliphatic carbocycles. The van der Waals surface area contributed by atoms with Gasteiger partial charge in [0, 0.05) is 26.2 Å². The molecule has 104 valence electrons. The Morgan fingerprint density at radius 2 is 1.80 bits per heavy atom. The molecule has 2 N–H and O–H groups in total. The van der Waals surface area contributed by atoms with Crippen LogP contribution in [0.4, 0.5) is 27.1 Å². The monoisotopic (exact) mass is 335 g/mol. The molecule has 0 fully saturated rings. The van der Waals surface area contributed by atoms with Gasteiger partial charge in [-0.25, -0.2) is 4.39 Å². The zero-order valence-corrected chi connectivity index (χ0v) is 12.7. The summed E-state index contributed by atoms with van der Waals surface area (Å²) in [7, 11) is 2.07. The normalized spacial score (nSPS) is 14.3. The summed E-state index contributed by atoms with van der Waals surface area (Å²) in [4.78, 5) is 4.34. The van der Waals surface area contributed by atoms with E-state index in [1.54, 1.807) is 6.07 Å². The van der Waals surface area contributed by atoms with E-state index in [2.05, 4.69) is 44.9 Å². The molecule has 2 aromatic rings. The number of hydrogen-bond acceptors (Lipinski definition) is 3. The van der Waals surface area contributed by atoms with Gasteiger partial charge in [0.05, 0.1) is 27.2 Å². The molecule has 0 atom stereocenters. The van der Waals surface area contributed by atoms with Gasteiger partial charge < -0.3 is 15.5 Å². The average molecular weight is 336 g/mol. The third-order valence-electron chi connectivity index (χ3n) is 3.60. The van der Waals surface area contributed by atoms with Crippen LogP contribution in [-0.4, -0.2) is 20.1 Å². The summed E-state index contributed by atoms with van der Waals surface area (Å²) in [6.45, 7) is 1.71. The van der Waals surface area contributed by atoms with Crippen LogP contribution in [0.15, 0.2) is 40.9 Å². The molecular weight excluding hydrogens is 321 g/mol. The largest absolute Gasteiger partial charge is 0.397 e. The van der Waals surface area contributed by atoms with Crippen molar-refractivity contribution in [1.29, 1.82) is 0 Å². The lowest BCUT2D eigenvalue weighted by atomic mass is 10.1. The summed E-state index contributed by atoms with van der Waals surface area (Å²) < 4.78 is 14.0. The van der Waals surface area contributed by atoms with Crippen molar-refractivity contribution < 1.29 is 4.39 Å². The number of halogens is 2. The second-order valence-corrected chi connectivity index (χ2v) is 5.74. The Bertz CT molecular complexity index is 660. The number of nitrogens with two attached hydrogens (primary N) is 1. The highest BCUT2D eigenvalue weighted by molar-refractivity contribution is 9.10. The predicted octanol–water partition coefficient (Wildman–Crippen LogP) is 3.76. The topological polar surface area (TPSA) is 32.5 Å². The summed E-state index contributed by atoms with van der Waals surface area (Å²) in [5.74, 6) is -0.339. The minimum Gasteiger partial charge on any atom is -0.397 e. The van der Waals surface area contributed by atoms with Gasteiger partial charge in [0.25, 0.3) is 0 Å². The SMILES string of the molecule is CN1CCN(c2cc(Br)c(F)cc2N)c2ccccc21. The number of hydrogen-bond donors (Lipinski definition) is 1. The third-order valence-corrected chi connectivity index (χ3v) is 4.21. The molecule has 0 aromatic heterocycles. The minimum atomic E-state index is -0.339. The van der Waals surface area contributed by atoms with Crippen LogP contribution < -0.4 is 15.5 Å². The number of likely N-dealkylation sites (N-methyl/N-ethyl adjacent to an activating group) is 1. The van der Waals surface area contributed by atoms with Crippen LogP contribution >= 0.6 is 15.9 Å². The maximum Gasteiger partial charge on any atom is 0.139 e. The van der Waals surface area contributed by atoms with Crippen molar-refractivity contribution in [3.05, 3.63) is 46.7 Å². The van der Waals surface area contributed by atoms with Gasteiger partial charge in [-0.2, -0.15) is 0 Å². The third kappa shape index (κ3) is 2.12. The fourth-order valence-corrected chi connectivity index (χ4v) is 2.87. The van der Waals surface area contributed by atoms with Crippen LogP contribution in [0.1, 0.15) is 0 Å². The number of rotatable bonds is 1. The molecule has 3 nitrogen and oxygen atoms in total. The molecule has 20 heavy (non-hydrogen) atoms. The second kappa shape index (κ2) is 4.98. The molecule has 0 saturated heterocycles. The lowest BCUT2D eigenvalue weighted by Crippen LogP contribution is -2.36. The highest BCUT2D eigenvalue weighted by Crippen LogP contribution is 2.40. The van der Waals surface area contributed by atoms with Crippen molar-refractivity contribution in [3.63, 3.8) is 0 Å². The standard InChI is InChI=1S/C15H15BrFN3/c1-19-6-7-20(14-5-3-2-4-13(14)19)15-8-10(16)11(17)9-12(15)18/h2-5,8-9H,6-7,18H2,1H3. The molecule has 0 unspecified atom stereocenters. The van der Waals surface area contributed by atoms with Crippen molar-refractivity contribution in [2.45, 2.75) is 0 Å².